The molecule has 0 aliphatic heterocycles. The Kier molecular flexibility index (Phi) is 5.45. The van der Waals surface area contributed by atoms with Gasteiger partial charge in [0.25, 0.3) is 0 Å². The lowest BCUT2D eigenvalue weighted by Crippen LogP contribution is -2.18. The number of nitrogens with zero attached hydrogens (tertiary/aromatic N) is 2. The molecule has 24 heavy (non-hydrogen) atoms. The molecule has 0 fully saturated rings. The number of aromatic nitrogens is 2. The first-order chi connectivity index (χ1) is 11.3. The molecular formula is C14H12ClF3N4O2. The van der Waals surface area contributed by atoms with Crippen molar-refractivity contribution >= 4 is 29.3 Å². The number of anilines is 2. The largest absolute Gasteiger partial charge is 0.480 e. The summed E-state index contributed by atoms with van der Waals surface area (Å²) in [7, 11) is 0. The van der Waals surface area contributed by atoms with Crippen molar-refractivity contribution in [2.75, 3.05) is 17.2 Å². The lowest BCUT2D eigenvalue weighted by atomic mass is 10.2. The molecule has 0 saturated heterocycles. The molecule has 0 spiro atoms. The van der Waals surface area contributed by atoms with E-state index in [1.54, 1.807) is 24.3 Å². The van der Waals surface area contributed by atoms with Gasteiger partial charge in [-0.2, -0.15) is 18.2 Å². The summed E-state index contributed by atoms with van der Waals surface area (Å²) in [5, 5.41) is 14.0. The van der Waals surface area contributed by atoms with Gasteiger partial charge in [-0.05, 0) is 11.6 Å². The zero-order valence-electron chi connectivity index (χ0n) is 12.1. The van der Waals surface area contributed by atoms with Crippen LogP contribution in [-0.2, 0) is 17.5 Å². The Morgan fingerprint density at radius 3 is 2.54 bits per heavy atom. The number of nitrogens with one attached hydrogen (secondary N) is 2. The van der Waals surface area contributed by atoms with Crippen molar-refractivity contribution < 1.29 is 23.1 Å². The van der Waals surface area contributed by atoms with E-state index in [0.29, 0.717) is 10.6 Å². The first-order valence-electron chi connectivity index (χ1n) is 6.65. The monoisotopic (exact) mass is 360 g/mol. The van der Waals surface area contributed by atoms with E-state index >= 15 is 0 Å². The molecule has 1 aromatic heterocycles. The Balaban J connectivity index is 2.22. The van der Waals surface area contributed by atoms with Crippen molar-refractivity contribution in [3.05, 3.63) is 46.6 Å². The molecule has 0 radical (unpaired) electrons. The first kappa shape index (κ1) is 17.8. The number of rotatable bonds is 6. The molecule has 0 aliphatic rings. The van der Waals surface area contributed by atoms with E-state index in [0.717, 1.165) is 6.07 Å². The Bertz CT molecular complexity index is 740. The molecular weight excluding hydrogens is 349 g/mol. The summed E-state index contributed by atoms with van der Waals surface area (Å²) in [5.74, 6) is -1.79. The molecule has 10 heteroatoms. The molecule has 0 atom stereocenters. The lowest BCUT2D eigenvalue weighted by Gasteiger charge is -2.12. The second kappa shape index (κ2) is 7.35. The van der Waals surface area contributed by atoms with Crippen LogP contribution in [0.15, 0.2) is 30.3 Å². The lowest BCUT2D eigenvalue weighted by molar-refractivity contribution is -0.141. The number of halogens is 4. The minimum atomic E-state index is -4.69. The van der Waals surface area contributed by atoms with Gasteiger partial charge >= 0.3 is 12.1 Å². The molecule has 1 heterocycles. The summed E-state index contributed by atoms with van der Waals surface area (Å²) in [5.41, 5.74) is -0.515. The van der Waals surface area contributed by atoms with Crippen molar-refractivity contribution in [2.45, 2.75) is 12.7 Å². The molecule has 2 aromatic rings. The summed E-state index contributed by atoms with van der Waals surface area (Å²) in [6.07, 6.45) is -4.69. The normalized spacial score (nSPS) is 11.2. The van der Waals surface area contributed by atoms with E-state index in [9.17, 15) is 18.0 Å². The SMILES string of the molecule is O=C(O)CNc1nc(NCc2ccccc2Cl)cc(C(F)(F)F)n1. The predicted octanol–water partition coefficient (Wildman–Crippen LogP) is 3.26. The smallest absolute Gasteiger partial charge is 0.433 e. The Hall–Kier alpha value is -2.55. The maximum absolute atomic E-state index is 12.9. The summed E-state index contributed by atoms with van der Waals surface area (Å²) in [4.78, 5) is 17.6. The van der Waals surface area contributed by atoms with E-state index in [4.69, 9.17) is 16.7 Å². The Morgan fingerprint density at radius 2 is 1.92 bits per heavy atom. The van der Waals surface area contributed by atoms with Crippen molar-refractivity contribution in [1.82, 2.24) is 9.97 Å². The number of benzene rings is 1. The maximum atomic E-state index is 12.9. The van der Waals surface area contributed by atoms with Crippen molar-refractivity contribution in [3.8, 4) is 0 Å². The fraction of sp³-hybridized carbons (Fsp3) is 0.214. The number of aliphatic carboxylic acids is 1. The zero-order valence-corrected chi connectivity index (χ0v) is 12.8. The van der Waals surface area contributed by atoms with Crippen LogP contribution >= 0.6 is 11.6 Å². The second-order valence-electron chi connectivity index (χ2n) is 4.65. The van der Waals surface area contributed by atoms with E-state index in [1.807, 2.05) is 0 Å². The van der Waals surface area contributed by atoms with Crippen LogP contribution in [0.25, 0.3) is 0 Å². The van der Waals surface area contributed by atoms with Gasteiger partial charge in [-0.25, -0.2) is 4.98 Å². The van der Waals surface area contributed by atoms with Crippen LogP contribution in [0.5, 0.6) is 0 Å². The molecule has 0 bridgehead atoms. The van der Waals surface area contributed by atoms with Crippen molar-refractivity contribution in [1.29, 1.82) is 0 Å². The first-order valence-corrected chi connectivity index (χ1v) is 7.02. The molecule has 128 valence electrons. The fourth-order valence-electron chi connectivity index (χ4n) is 1.74. The van der Waals surface area contributed by atoms with Crippen LogP contribution < -0.4 is 10.6 Å². The van der Waals surface area contributed by atoms with Gasteiger partial charge in [0.1, 0.15) is 12.4 Å². The molecule has 2 rings (SSSR count). The average Bonchev–Trinajstić information content (AvgIpc) is 2.51. The molecule has 0 aliphatic carbocycles. The van der Waals surface area contributed by atoms with E-state index < -0.39 is 30.3 Å². The summed E-state index contributed by atoms with van der Waals surface area (Å²) >= 11 is 5.98. The predicted molar refractivity (Wildman–Crippen MR) is 81.9 cm³/mol. The van der Waals surface area contributed by atoms with Crippen molar-refractivity contribution in [2.24, 2.45) is 0 Å². The highest BCUT2D eigenvalue weighted by Crippen LogP contribution is 2.30. The third-order valence-corrected chi connectivity index (χ3v) is 3.20. The third-order valence-electron chi connectivity index (χ3n) is 2.83. The highest BCUT2D eigenvalue weighted by Gasteiger charge is 2.33. The van der Waals surface area contributed by atoms with Crippen molar-refractivity contribution in [3.63, 3.8) is 0 Å². The van der Waals surface area contributed by atoms with Gasteiger partial charge < -0.3 is 15.7 Å². The summed E-state index contributed by atoms with van der Waals surface area (Å²) in [6.45, 7) is -0.461. The number of hydrogen-bond acceptors (Lipinski definition) is 5. The summed E-state index contributed by atoms with van der Waals surface area (Å²) < 4.78 is 38.7. The Morgan fingerprint density at radius 1 is 1.21 bits per heavy atom. The van der Waals surface area contributed by atoms with Gasteiger partial charge in [0.05, 0.1) is 0 Å². The number of carbonyl (C=O) groups is 1. The maximum Gasteiger partial charge on any atom is 0.433 e. The van der Waals surface area contributed by atoms with Crippen LogP contribution in [0.4, 0.5) is 24.9 Å². The quantitative estimate of drug-likeness (QED) is 0.733. The number of carboxylic acid groups (broad SMARTS) is 1. The second-order valence-corrected chi connectivity index (χ2v) is 5.06. The minimum Gasteiger partial charge on any atom is -0.480 e. The van der Waals surface area contributed by atoms with Crippen LogP contribution in [0.3, 0.4) is 0 Å². The highest BCUT2D eigenvalue weighted by atomic mass is 35.5. The molecule has 3 N–H and O–H groups in total. The fourth-order valence-corrected chi connectivity index (χ4v) is 1.95. The Labute approximate surface area is 139 Å². The highest BCUT2D eigenvalue weighted by molar-refractivity contribution is 6.31. The molecule has 6 nitrogen and oxygen atoms in total. The number of alkyl halides is 3. The minimum absolute atomic E-state index is 0.106. The standard InChI is InChI=1S/C14H12ClF3N4O2/c15-9-4-2-1-3-8(9)6-19-11-5-10(14(16,17)18)21-13(22-11)20-7-12(23)24/h1-5H,6-7H2,(H,23,24)(H2,19,20,21,22). The number of hydrogen-bond donors (Lipinski definition) is 3. The van der Waals surface area contributed by atoms with Gasteiger partial charge in [0.15, 0.2) is 5.69 Å². The molecule has 0 unspecified atom stereocenters. The van der Waals surface area contributed by atoms with E-state index in [1.165, 1.54) is 0 Å². The van der Waals surface area contributed by atoms with Crippen LogP contribution in [0.2, 0.25) is 5.02 Å². The van der Waals surface area contributed by atoms with Gasteiger partial charge in [0.2, 0.25) is 5.95 Å². The summed E-state index contributed by atoms with van der Waals surface area (Å²) in [6, 6.07) is 7.57. The third kappa shape index (κ3) is 4.98. The van der Waals surface area contributed by atoms with E-state index in [-0.39, 0.29) is 12.4 Å². The van der Waals surface area contributed by atoms with Gasteiger partial charge in [-0.3, -0.25) is 4.79 Å². The van der Waals surface area contributed by atoms with E-state index in [2.05, 4.69) is 20.6 Å². The van der Waals surface area contributed by atoms with Gasteiger partial charge in [-0.15, -0.1) is 0 Å². The van der Waals surface area contributed by atoms with Crippen LogP contribution in [0.1, 0.15) is 11.3 Å². The molecule has 1 aromatic carbocycles. The van der Waals surface area contributed by atoms with Crippen LogP contribution in [0, 0.1) is 0 Å². The topological polar surface area (TPSA) is 87.1 Å². The zero-order chi connectivity index (χ0) is 17.7. The molecule has 0 amide bonds. The van der Waals surface area contributed by atoms with Crippen LogP contribution in [-0.4, -0.2) is 27.6 Å². The van der Waals surface area contributed by atoms with Gasteiger partial charge in [-0.1, -0.05) is 29.8 Å². The molecule has 0 saturated carbocycles. The van der Waals surface area contributed by atoms with Gasteiger partial charge in [0, 0.05) is 17.6 Å². The number of carboxylic acids is 1. The average molecular weight is 361 g/mol.